The van der Waals surface area contributed by atoms with Crippen LogP contribution in [-0.2, 0) is 24.3 Å². The lowest BCUT2D eigenvalue weighted by molar-refractivity contribution is -0.129. The highest BCUT2D eigenvalue weighted by Crippen LogP contribution is 2.28. The van der Waals surface area contributed by atoms with E-state index in [1.54, 1.807) is 18.3 Å². The van der Waals surface area contributed by atoms with Crippen LogP contribution in [0.2, 0.25) is 0 Å². The van der Waals surface area contributed by atoms with Gasteiger partial charge in [-0.15, -0.1) is 11.3 Å². The monoisotopic (exact) mass is 314 g/mol. The summed E-state index contributed by atoms with van der Waals surface area (Å²) in [5, 5.41) is 2.95. The van der Waals surface area contributed by atoms with Gasteiger partial charge in [0.15, 0.2) is 0 Å². The van der Waals surface area contributed by atoms with Crippen molar-refractivity contribution in [3.8, 4) is 0 Å². The van der Waals surface area contributed by atoms with Gasteiger partial charge in [-0.2, -0.15) is 0 Å². The molecule has 0 fully saturated rings. The first kappa shape index (κ1) is 14.8. The number of nitrogens with zero attached hydrogens (tertiary/aromatic N) is 1. The molecule has 1 aliphatic rings. The zero-order valence-electron chi connectivity index (χ0n) is 12.5. The van der Waals surface area contributed by atoms with Crippen molar-refractivity contribution in [2.45, 2.75) is 26.4 Å². The molecule has 2 aromatic rings. The highest BCUT2D eigenvalue weighted by molar-refractivity contribution is 7.14. The minimum Gasteiger partial charge on any atom is -0.347 e. The van der Waals surface area contributed by atoms with Crippen molar-refractivity contribution >= 4 is 23.2 Å². The Balaban J connectivity index is 1.66. The predicted octanol–water partition coefficient (Wildman–Crippen LogP) is 2.58. The summed E-state index contributed by atoms with van der Waals surface area (Å²) in [6, 6.07) is 11.8. The zero-order chi connectivity index (χ0) is 15.5. The molecular weight excluding hydrogens is 296 g/mol. The molecular formula is C17H18N2O2S. The van der Waals surface area contributed by atoms with E-state index in [-0.39, 0.29) is 11.8 Å². The Morgan fingerprint density at radius 2 is 2.05 bits per heavy atom. The Labute approximate surface area is 133 Å². The second kappa shape index (κ2) is 6.32. The first-order chi connectivity index (χ1) is 10.6. The summed E-state index contributed by atoms with van der Waals surface area (Å²) in [4.78, 5) is 27.5. The number of hydrogen-bond donors (Lipinski definition) is 1. The van der Waals surface area contributed by atoms with E-state index >= 15 is 0 Å². The maximum Gasteiger partial charge on any atom is 0.261 e. The number of fused-ring (bicyclic) bond motifs is 1. The molecule has 0 atom stereocenters. The van der Waals surface area contributed by atoms with Crippen molar-refractivity contribution < 1.29 is 9.59 Å². The Morgan fingerprint density at radius 3 is 2.77 bits per heavy atom. The lowest BCUT2D eigenvalue weighted by atomic mass is 10.1. The van der Waals surface area contributed by atoms with E-state index in [2.05, 4.69) is 5.32 Å². The number of thiophene rings is 1. The topological polar surface area (TPSA) is 49.4 Å². The third-order valence-corrected chi connectivity index (χ3v) is 5.07. The summed E-state index contributed by atoms with van der Waals surface area (Å²) >= 11 is 1.54. The van der Waals surface area contributed by atoms with Crippen LogP contribution in [0.15, 0.2) is 36.4 Å². The van der Waals surface area contributed by atoms with E-state index in [9.17, 15) is 9.59 Å². The van der Waals surface area contributed by atoms with Crippen LogP contribution < -0.4 is 5.32 Å². The smallest absolute Gasteiger partial charge is 0.261 e. The highest BCUT2D eigenvalue weighted by Gasteiger charge is 2.22. The average molecular weight is 314 g/mol. The summed E-state index contributed by atoms with van der Waals surface area (Å²) in [6.45, 7) is 3.48. The average Bonchev–Trinajstić information content (AvgIpc) is 2.96. The Hall–Kier alpha value is -2.14. The largest absolute Gasteiger partial charge is 0.347 e. The van der Waals surface area contributed by atoms with Gasteiger partial charge in [-0.25, -0.2) is 0 Å². The van der Waals surface area contributed by atoms with Gasteiger partial charge in [0, 0.05) is 31.4 Å². The van der Waals surface area contributed by atoms with Crippen LogP contribution in [0, 0.1) is 0 Å². The van der Waals surface area contributed by atoms with E-state index in [1.165, 1.54) is 4.88 Å². The zero-order valence-corrected chi connectivity index (χ0v) is 13.3. The van der Waals surface area contributed by atoms with Gasteiger partial charge < -0.3 is 10.2 Å². The van der Waals surface area contributed by atoms with Gasteiger partial charge in [0.1, 0.15) is 0 Å². The van der Waals surface area contributed by atoms with Gasteiger partial charge in [0.25, 0.3) is 5.91 Å². The van der Waals surface area contributed by atoms with Crippen molar-refractivity contribution in [1.82, 2.24) is 10.2 Å². The molecule has 2 amide bonds. The summed E-state index contributed by atoms with van der Waals surface area (Å²) in [6.07, 6.45) is 0.839. The molecule has 4 nitrogen and oxygen atoms in total. The van der Waals surface area contributed by atoms with Crippen LogP contribution >= 0.6 is 11.3 Å². The molecule has 22 heavy (non-hydrogen) atoms. The van der Waals surface area contributed by atoms with E-state index in [0.29, 0.717) is 13.1 Å². The molecule has 1 aromatic heterocycles. The maximum absolute atomic E-state index is 12.3. The molecule has 0 bridgehead atoms. The van der Waals surface area contributed by atoms with Gasteiger partial charge in [0.05, 0.1) is 4.88 Å². The van der Waals surface area contributed by atoms with Gasteiger partial charge in [0.2, 0.25) is 5.91 Å². The van der Waals surface area contributed by atoms with Gasteiger partial charge in [-0.05, 0) is 23.6 Å². The van der Waals surface area contributed by atoms with Crippen molar-refractivity contribution in [2.24, 2.45) is 0 Å². The molecule has 3 rings (SSSR count). The second-order valence-electron chi connectivity index (χ2n) is 5.42. The fraction of sp³-hybridized carbons (Fsp3) is 0.294. The molecule has 114 valence electrons. The number of rotatable bonds is 3. The van der Waals surface area contributed by atoms with E-state index < -0.39 is 0 Å². The standard InChI is InChI=1S/C17H18N2O2S/c1-12(20)19-8-7-15-14(11-19)9-16(22-15)17(21)18-10-13-5-3-2-4-6-13/h2-6,9H,7-8,10-11H2,1H3,(H,18,21). The van der Waals surface area contributed by atoms with Crippen LogP contribution in [0.1, 0.15) is 32.6 Å². The van der Waals surface area contributed by atoms with Crippen molar-refractivity contribution in [3.63, 3.8) is 0 Å². The summed E-state index contributed by atoms with van der Waals surface area (Å²) in [7, 11) is 0. The van der Waals surface area contributed by atoms with Crippen LogP contribution in [0.25, 0.3) is 0 Å². The van der Waals surface area contributed by atoms with Crippen molar-refractivity contribution in [3.05, 3.63) is 57.3 Å². The SMILES string of the molecule is CC(=O)N1CCc2sc(C(=O)NCc3ccccc3)cc2C1. The fourth-order valence-corrected chi connectivity index (χ4v) is 3.66. The lowest BCUT2D eigenvalue weighted by Gasteiger charge is -2.25. The molecule has 2 heterocycles. The first-order valence-corrected chi connectivity index (χ1v) is 8.14. The number of amides is 2. The molecule has 0 radical (unpaired) electrons. The second-order valence-corrected chi connectivity index (χ2v) is 6.55. The lowest BCUT2D eigenvalue weighted by Crippen LogP contribution is -2.33. The van der Waals surface area contributed by atoms with E-state index in [0.717, 1.165) is 29.0 Å². The third-order valence-electron chi connectivity index (χ3n) is 3.83. The number of carbonyl (C=O) groups is 2. The Kier molecular flexibility index (Phi) is 4.24. The quantitative estimate of drug-likeness (QED) is 0.946. The fourth-order valence-electron chi connectivity index (χ4n) is 2.58. The summed E-state index contributed by atoms with van der Waals surface area (Å²) in [5.74, 6) is 0.0459. The number of carbonyl (C=O) groups excluding carboxylic acids is 2. The number of hydrogen-bond acceptors (Lipinski definition) is 3. The number of nitrogens with one attached hydrogen (secondary N) is 1. The van der Waals surface area contributed by atoms with Gasteiger partial charge >= 0.3 is 0 Å². The van der Waals surface area contributed by atoms with Crippen molar-refractivity contribution in [2.75, 3.05) is 6.54 Å². The van der Waals surface area contributed by atoms with Crippen LogP contribution in [0.3, 0.4) is 0 Å². The maximum atomic E-state index is 12.3. The van der Waals surface area contributed by atoms with Crippen LogP contribution in [0.5, 0.6) is 0 Å². The normalized spacial score (nSPS) is 13.6. The molecule has 1 aliphatic heterocycles. The Bertz CT molecular complexity index is 694. The molecule has 0 saturated carbocycles. The Morgan fingerprint density at radius 1 is 1.27 bits per heavy atom. The van der Waals surface area contributed by atoms with Crippen molar-refractivity contribution in [1.29, 1.82) is 0 Å². The highest BCUT2D eigenvalue weighted by atomic mass is 32.1. The molecule has 0 unspecified atom stereocenters. The first-order valence-electron chi connectivity index (χ1n) is 7.32. The molecule has 0 saturated heterocycles. The minimum atomic E-state index is -0.0439. The summed E-state index contributed by atoms with van der Waals surface area (Å²) < 4.78 is 0. The third kappa shape index (κ3) is 3.20. The van der Waals surface area contributed by atoms with Gasteiger partial charge in [-0.1, -0.05) is 30.3 Å². The summed E-state index contributed by atoms with van der Waals surface area (Å²) in [5.41, 5.74) is 2.19. The molecule has 0 aliphatic carbocycles. The van der Waals surface area contributed by atoms with Crippen LogP contribution in [-0.4, -0.2) is 23.3 Å². The molecule has 1 aromatic carbocycles. The minimum absolute atomic E-state index is 0.0439. The predicted molar refractivity (Wildman–Crippen MR) is 86.7 cm³/mol. The molecule has 1 N–H and O–H groups in total. The van der Waals surface area contributed by atoms with E-state index in [1.807, 2.05) is 41.3 Å². The molecule has 0 spiro atoms. The van der Waals surface area contributed by atoms with Crippen LogP contribution in [0.4, 0.5) is 0 Å². The van der Waals surface area contributed by atoms with E-state index in [4.69, 9.17) is 0 Å². The molecule has 5 heteroatoms. The van der Waals surface area contributed by atoms with Gasteiger partial charge in [-0.3, -0.25) is 9.59 Å². The number of benzene rings is 1.